The molecule has 0 saturated heterocycles. The van der Waals surface area contributed by atoms with Crippen molar-refractivity contribution >= 4 is 11.8 Å². The van der Waals surface area contributed by atoms with Crippen molar-refractivity contribution < 1.29 is 9.59 Å². The monoisotopic (exact) mass is 471 g/mol. The molecule has 4 aromatic rings. The summed E-state index contributed by atoms with van der Waals surface area (Å²) in [5, 5.41) is 0. The predicted molar refractivity (Wildman–Crippen MR) is 146 cm³/mol. The van der Waals surface area contributed by atoms with Crippen molar-refractivity contribution in [1.29, 1.82) is 0 Å². The van der Waals surface area contributed by atoms with Gasteiger partial charge in [0.05, 0.1) is 11.1 Å². The molecule has 0 N–H and O–H groups in total. The molecular formula is C33H29NO2. The number of amides is 2. The number of benzene rings is 4. The summed E-state index contributed by atoms with van der Waals surface area (Å²) in [5.74, 6) is 6.15. The van der Waals surface area contributed by atoms with Crippen LogP contribution in [0, 0.1) is 11.8 Å². The van der Waals surface area contributed by atoms with Gasteiger partial charge in [0.15, 0.2) is 0 Å². The van der Waals surface area contributed by atoms with Crippen molar-refractivity contribution in [2.45, 2.75) is 26.7 Å². The molecule has 0 atom stereocenters. The fraction of sp³-hybridized carbons (Fsp3) is 0.152. The Morgan fingerprint density at radius 3 is 1.83 bits per heavy atom. The largest absolute Gasteiger partial charge is 0.274 e. The number of carbonyl (C=O) groups is 2. The zero-order valence-corrected chi connectivity index (χ0v) is 20.7. The minimum atomic E-state index is -0.196. The number of rotatable bonds is 5. The molecule has 0 radical (unpaired) electrons. The van der Waals surface area contributed by atoms with Crippen LogP contribution in [-0.4, -0.2) is 23.3 Å². The molecule has 1 aliphatic rings. The average molecular weight is 472 g/mol. The Balaban J connectivity index is 0.00000148. The topological polar surface area (TPSA) is 37.4 Å². The van der Waals surface area contributed by atoms with Crippen molar-refractivity contribution in [2.24, 2.45) is 0 Å². The quantitative estimate of drug-likeness (QED) is 0.232. The summed E-state index contributed by atoms with van der Waals surface area (Å²) < 4.78 is 0. The highest BCUT2D eigenvalue weighted by Gasteiger charge is 2.34. The Labute approximate surface area is 213 Å². The van der Waals surface area contributed by atoms with Gasteiger partial charge in [-0.1, -0.05) is 92.4 Å². The lowest BCUT2D eigenvalue weighted by Crippen LogP contribution is -2.30. The Morgan fingerprint density at radius 2 is 1.17 bits per heavy atom. The molecule has 1 aliphatic heterocycles. The van der Waals surface area contributed by atoms with E-state index < -0.39 is 0 Å². The van der Waals surface area contributed by atoms with Gasteiger partial charge in [0.1, 0.15) is 0 Å². The van der Waals surface area contributed by atoms with E-state index in [9.17, 15) is 9.59 Å². The lowest BCUT2D eigenvalue weighted by Gasteiger charge is -2.13. The highest BCUT2D eigenvalue weighted by molar-refractivity contribution is 6.21. The van der Waals surface area contributed by atoms with E-state index >= 15 is 0 Å². The second-order valence-corrected chi connectivity index (χ2v) is 8.31. The molecule has 1 heterocycles. The number of carbonyl (C=O) groups excluding carboxylic acids is 2. The third-order valence-electron chi connectivity index (χ3n) is 5.97. The minimum Gasteiger partial charge on any atom is -0.274 e. The van der Waals surface area contributed by atoms with Gasteiger partial charge in [0.2, 0.25) is 0 Å². The molecule has 0 aromatic heterocycles. The molecule has 5 rings (SSSR count). The predicted octanol–water partition coefficient (Wildman–Crippen LogP) is 7.01. The first-order chi connectivity index (χ1) is 17.7. The van der Waals surface area contributed by atoms with E-state index in [2.05, 4.69) is 48.2 Å². The van der Waals surface area contributed by atoms with E-state index in [4.69, 9.17) is 0 Å². The maximum absolute atomic E-state index is 12.5. The SMILES string of the molecule is CC.O=C1c2ccccc2C(=O)N1CCCc1cccc(C#Cc2cccc(-c3ccccc3)c2)c1. The second-order valence-electron chi connectivity index (χ2n) is 8.31. The number of nitrogens with zero attached hydrogens (tertiary/aromatic N) is 1. The van der Waals surface area contributed by atoms with Gasteiger partial charge in [-0.25, -0.2) is 0 Å². The van der Waals surface area contributed by atoms with Crippen LogP contribution in [0.3, 0.4) is 0 Å². The average Bonchev–Trinajstić information content (AvgIpc) is 3.19. The summed E-state index contributed by atoms with van der Waals surface area (Å²) in [6, 6.07) is 33.7. The Hall–Kier alpha value is -4.42. The van der Waals surface area contributed by atoms with Crippen LogP contribution in [0.25, 0.3) is 11.1 Å². The number of hydrogen-bond donors (Lipinski definition) is 0. The summed E-state index contributed by atoms with van der Waals surface area (Å²) >= 11 is 0. The molecule has 3 heteroatoms. The van der Waals surface area contributed by atoms with Gasteiger partial charge in [-0.15, -0.1) is 0 Å². The minimum absolute atomic E-state index is 0.196. The number of aryl methyl sites for hydroxylation is 1. The first-order valence-corrected chi connectivity index (χ1v) is 12.4. The van der Waals surface area contributed by atoms with Crippen molar-refractivity contribution in [3.8, 4) is 23.0 Å². The van der Waals surface area contributed by atoms with Crippen LogP contribution < -0.4 is 0 Å². The molecule has 2 amide bonds. The van der Waals surface area contributed by atoms with Crippen LogP contribution in [0.4, 0.5) is 0 Å². The van der Waals surface area contributed by atoms with Gasteiger partial charge in [0.25, 0.3) is 11.8 Å². The number of hydrogen-bond acceptors (Lipinski definition) is 2. The maximum Gasteiger partial charge on any atom is 0.261 e. The van der Waals surface area contributed by atoms with E-state index in [1.165, 1.54) is 10.5 Å². The Bertz CT molecular complexity index is 1390. The smallest absolute Gasteiger partial charge is 0.261 e. The van der Waals surface area contributed by atoms with Gasteiger partial charge < -0.3 is 0 Å². The lowest BCUT2D eigenvalue weighted by atomic mass is 10.0. The molecule has 0 spiro atoms. The molecule has 178 valence electrons. The Kier molecular flexibility index (Phi) is 8.11. The van der Waals surface area contributed by atoms with Gasteiger partial charge in [-0.3, -0.25) is 14.5 Å². The van der Waals surface area contributed by atoms with Gasteiger partial charge >= 0.3 is 0 Å². The van der Waals surface area contributed by atoms with Gasteiger partial charge in [-0.2, -0.15) is 0 Å². The third-order valence-corrected chi connectivity index (χ3v) is 5.97. The van der Waals surface area contributed by atoms with Crippen LogP contribution in [0.2, 0.25) is 0 Å². The number of imide groups is 1. The highest BCUT2D eigenvalue weighted by Crippen LogP contribution is 2.23. The van der Waals surface area contributed by atoms with Crippen molar-refractivity contribution in [1.82, 2.24) is 4.90 Å². The van der Waals surface area contributed by atoms with E-state index in [0.717, 1.165) is 28.7 Å². The fourth-order valence-corrected chi connectivity index (χ4v) is 4.24. The van der Waals surface area contributed by atoms with Crippen molar-refractivity contribution in [3.63, 3.8) is 0 Å². The second kappa shape index (κ2) is 11.8. The van der Waals surface area contributed by atoms with E-state index in [1.54, 1.807) is 24.3 Å². The molecule has 0 saturated carbocycles. The van der Waals surface area contributed by atoms with Crippen molar-refractivity contribution in [2.75, 3.05) is 6.54 Å². The summed E-state index contributed by atoms with van der Waals surface area (Å²) in [6.45, 7) is 4.41. The molecular weight excluding hydrogens is 442 g/mol. The van der Waals surface area contributed by atoms with Gasteiger partial charge in [0, 0.05) is 17.7 Å². The van der Waals surface area contributed by atoms with Crippen LogP contribution in [0.5, 0.6) is 0 Å². The van der Waals surface area contributed by atoms with Gasteiger partial charge in [-0.05, 0) is 65.9 Å². The van der Waals surface area contributed by atoms with Crippen LogP contribution in [0.15, 0.2) is 103 Å². The van der Waals surface area contributed by atoms with Crippen molar-refractivity contribution in [3.05, 3.63) is 131 Å². The summed E-state index contributed by atoms with van der Waals surface area (Å²) in [7, 11) is 0. The molecule has 0 unspecified atom stereocenters. The summed E-state index contributed by atoms with van der Waals surface area (Å²) in [4.78, 5) is 26.4. The third kappa shape index (κ3) is 5.62. The fourth-order valence-electron chi connectivity index (χ4n) is 4.24. The summed E-state index contributed by atoms with van der Waals surface area (Å²) in [6.07, 6.45) is 1.48. The first kappa shape index (κ1) is 24.7. The zero-order valence-electron chi connectivity index (χ0n) is 20.7. The molecule has 0 fully saturated rings. The zero-order chi connectivity index (χ0) is 25.3. The first-order valence-electron chi connectivity index (χ1n) is 12.4. The molecule has 4 aromatic carbocycles. The number of fused-ring (bicyclic) bond motifs is 1. The normalized spacial score (nSPS) is 11.8. The van der Waals surface area contributed by atoms with E-state index in [1.807, 2.05) is 56.3 Å². The molecule has 36 heavy (non-hydrogen) atoms. The molecule has 0 bridgehead atoms. The highest BCUT2D eigenvalue weighted by atomic mass is 16.2. The van der Waals surface area contributed by atoms with Crippen LogP contribution >= 0.6 is 0 Å². The Morgan fingerprint density at radius 1 is 0.611 bits per heavy atom. The standard InChI is InChI=1S/C31H23NO2.C2H6/c33-30-28-16-4-5-17-29(28)31(34)32(30)20-8-12-23-9-6-10-24(21-23)18-19-25-11-7-15-27(22-25)26-13-2-1-3-14-26;1-2/h1-7,9-11,13-17,21-22H,8,12,20H2;1-2H3. The van der Waals surface area contributed by atoms with Crippen LogP contribution in [0.1, 0.15) is 57.7 Å². The molecule has 3 nitrogen and oxygen atoms in total. The summed E-state index contributed by atoms with van der Waals surface area (Å²) in [5.41, 5.74) is 6.38. The lowest BCUT2D eigenvalue weighted by molar-refractivity contribution is 0.0652. The molecule has 0 aliphatic carbocycles. The maximum atomic E-state index is 12.5. The van der Waals surface area contributed by atoms with E-state index in [-0.39, 0.29) is 11.8 Å². The van der Waals surface area contributed by atoms with Crippen LogP contribution in [-0.2, 0) is 6.42 Å². The van der Waals surface area contributed by atoms with E-state index in [0.29, 0.717) is 24.1 Å².